The first kappa shape index (κ1) is 17.1. The topological polar surface area (TPSA) is 74.6 Å². The van der Waals surface area contributed by atoms with Gasteiger partial charge in [-0.2, -0.15) is 0 Å². The van der Waals surface area contributed by atoms with E-state index in [0.717, 1.165) is 0 Å². The monoisotopic (exact) mass is 284 g/mol. The standard InChI is InChI=1S/C5H6O4.CH3.La/c1-3(5(8)9)2-4(6)7;;/h1-2H2,(H,6,7)(H,8,9);1H3;/q;-1;. The molecule has 0 rings (SSSR count). The van der Waals surface area contributed by atoms with E-state index in [2.05, 4.69) is 6.58 Å². The summed E-state index contributed by atoms with van der Waals surface area (Å²) in [6, 6.07) is 0. The maximum atomic E-state index is 9.87. The van der Waals surface area contributed by atoms with E-state index in [0.29, 0.717) is 0 Å². The normalized spacial score (nSPS) is 6.91. The van der Waals surface area contributed by atoms with Crippen molar-refractivity contribution in [2.45, 2.75) is 6.42 Å². The van der Waals surface area contributed by atoms with Crippen LogP contribution in [0.15, 0.2) is 12.2 Å². The van der Waals surface area contributed by atoms with Crippen LogP contribution in [0.2, 0.25) is 0 Å². The molecule has 0 aliphatic rings. The predicted octanol–water partition coefficient (Wildman–Crippen LogP) is 0.552. The zero-order valence-corrected chi connectivity index (χ0v) is 9.83. The van der Waals surface area contributed by atoms with Crippen LogP contribution in [0.3, 0.4) is 0 Å². The zero-order valence-electron chi connectivity index (χ0n) is 6.20. The molecule has 0 atom stereocenters. The van der Waals surface area contributed by atoms with E-state index in [9.17, 15) is 9.59 Å². The molecule has 5 heteroatoms. The quantitative estimate of drug-likeness (QED) is 0.586. The van der Waals surface area contributed by atoms with Crippen LogP contribution in [0.25, 0.3) is 0 Å². The minimum Gasteiger partial charge on any atom is -0.481 e. The number of carboxylic acid groups (broad SMARTS) is 2. The fraction of sp³-hybridized carbons (Fsp3) is 0.167. The summed E-state index contributed by atoms with van der Waals surface area (Å²) in [7, 11) is 0. The molecule has 0 bridgehead atoms. The summed E-state index contributed by atoms with van der Waals surface area (Å²) in [6.07, 6.45) is -0.505. The van der Waals surface area contributed by atoms with Crippen molar-refractivity contribution < 1.29 is 55.4 Å². The van der Waals surface area contributed by atoms with Crippen molar-refractivity contribution in [3.63, 3.8) is 0 Å². The first-order valence-electron chi connectivity index (χ1n) is 2.17. The largest absolute Gasteiger partial charge is 0.481 e. The molecule has 0 aromatic heterocycles. The Kier molecular flexibility index (Phi) is 12.4. The summed E-state index contributed by atoms with van der Waals surface area (Å²) in [4.78, 5) is 19.7. The van der Waals surface area contributed by atoms with Gasteiger partial charge in [-0.1, -0.05) is 6.58 Å². The van der Waals surface area contributed by atoms with Crippen LogP contribution in [-0.4, -0.2) is 22.2 Å². The fourth-order valence-corrected chi connectivity index (χ4v) is 0.258. The maximum Gasteiger partial charge on any atom is 0.331 e. The molecule has 0 amide bonds. The molecule has 11 heavy (non-hydrogen) atoms. The van der Waals surface area contributed by atoms with Crippen molar-refractivity contribution in [1.82, 2.24) is 0 Å². The third kappa shape index (κ3) is 9.87. The molecule has 61 valence electrons. The van der Waals surface area contributed by atoms with Gasteiger partial charge in [0.25, 0.3) is 0 Å². The molecule has 0 saturated heterocycles. The molecule has 0 aliphatic carbocycles. The summed E-state index contributed by atoms with van der Waals surface area (Å²) in [5.74, 6) is -2.44. The van der Waals surface area contributed by atoms with E-state index >= 15 is 0 Å². The van der Waals surface area contributed by atoms with Crippen LogP contribution >= 0.6 is 0 Å². The third-order valence-electron chi connectivity index (χ3n) is 0.667. The van der Waals surface area contributed by atoms with Gasteiger partial charge in [0.15, 0.2) is 0 Å². The van der Waals surface area contributed by atoms with Crippen LogP contribution in [0.5, 0.6) is 0 Å². The fourth-order valence-electron chi connectivity index (χ4n) is 0.258. The minimum atomic E-state index is -1.27. The molecule has 0 aromatic carbocycles. The second-order valence-corrected chi connectivity index (χ2v) is 1.48. The van der Waals surface area contributed by atoms with Gasteiger partial charge in [-0.3, -0.25) is 4.79 Å². The number of rotatable bonds is 3. The van der Waals surface area contributed by atoms with Crippen molar-refractivity contribution in [2.24, 2.45) is 0 Å². The van der Waals surface area contributed by atoms with E-state index in [1.54, 1.807) is 0 Å². The van der Waals surface area contributed by atoms with Crippen LogP contribution in [0, 0.1) is 43.0 Å². The summed E-state index contributed by atoms with van der Waals surface area (Å²) in [5.41, 5.74) is -0.303. The van der Waals surface area contributed by atoms with Crippen LogP contribution < -0.4 is 0 Å². The first-order chi connectivity index (χ1) is 4.04. The summed E-state index contributed by atoms with van der Waals surface area (Å²) in [6.45, 7) is 3.01. The van der Waals surface area contributed by atoms with Crippen molar-refractivity contribution in [1.29, 1.82) is 0 Å². The van der Waals surface area contributed by atoms with E-state index in [1.807, 2.05) is 0 Å². The summed E-state index contributed by atoms with van der Waals surface area (Å²) in [5, 5.41) is 16.1. The van der Waals surface area contributed by atoms with Gasteiger partial charge in [-0.05, 0) is 0 Å². The number of carbonyl (C=O) groups is 2. The Morgan fingerprint density at radius 1 is 1.27 bits per heavy atom. The van der Waals surface area contributed by atoms with Gasteiger partial charge in [-0.15, -0.1) is 0 Å². The molecule has 0 spiro atoms. The minimum absolute atomic E-state index is 0. The second kappa shape index (κ2) is 7.98. The Bertz CT molecular complexity index is 164. The Balaban J connectivity index is -0.000000320. The zero-order chi connectivity index (χ0) is 7.44. The van der Waals surface area contributed by atoms with Gasteiger partial charge >= 0.3 is 11.9 Å². The molecule has 0 fully saturated rings. The van der Waals surface area contributed by atoms with Gasteiger partial charge in [-0.25, -0.2) is 4.79 Å². The van der Waals surface area contributed by atoms with Gasteiger partial charge in [0, 0.05) is 41.2 Å². The Morgan fingerprint density at radius 2 is 1.64 bits per heavy atom. The van der Waals surface area contributed by atoms with Gasteiger partial charge in [0.1, 0.15) is 0 Å². The molecule has 2 N–H and O–H groups in total. The first-order valence-corrected chi connectivity index (χ1v) is 2.17. The molecule has 1 radical (unpaired) electrons. The number of aliphatic carboxylic acids is 2. The van der Waals surface area contributed by atoms with E-state index in [-0.39, 0.29) is 48.6 Å². The van der Waals surface area contributed by atoms with Crippen LogP contribution in [-0.2, 0) is 9.59 Å². The molecule has 0 aromatic rings. The predicted molar refractivity (Wildman–Crippen MR) is 35.4 cm³/mol. The van der Waals surface area contributed by atoms with Crippen molar-refractivity contribution in [3.8, 4) is 0 Å². The van der Waals surface area contributed by atoms with Crippen LogP contribution in [0.4, 0.5) is 0 Å². The average Bonchev–Trinajstić information content (AvgIpc) is 1.63. The molecule has 4 nitrogen and oxygen atoms in total. The van der Waals surface area contributed by atoms with E-state index in [1.165, 1.54) is 0 Å². The van der Waals surface area contributed by atoms with Crippen molar-refractivity contribution >= 4 is 11.9 Å². The molecule has 0 heterocycles. The molecular formula is C6H9LaO4-. The number of carboxylic acids is 2. The Morgan fingerprint density at radius 3 is 1.73 bits per heavy atom. The Hall–Kier alpha value is -0.125. The molecule has 0 aliphatic heterocycles. The van der Waals surface area contributed by atoms with Crippen molar-refractivity contribution in [3.05, 3.63) is 19.6 Å². The number of hydrogen-bond acceptors (Lipinski definition) is 2. The third-order valence-corrected chi connectivity index (χ3v) is 0.667. The van der Waals surface area contributed by atoms with Gasteiger partial charge < -0.3 is 17.6 Å². The van der Waals surface area contributed by atoms with Gasteiger partial charge in [0.05, 0.1) is 6.42 Å². The van der Waals surface area contributed by atoms with Crippen LogP contribution in [0.1, 0.15) is 6.42 Å². The van der Waals surface area contributed by atoms with E-state index in [4.69, 9.17) is 10.2 Å². The van der Waals surface area contributed by atoms with E-state index < -0.39 is 18.4 Å². The average molecular weight is 284 g/mol. The smallest absolute Gasteiger partial charge is 0.331 e. The number of hydrogen-bond donors (Lipinski definition) is 2. The SMILES string of the molecule is C=C(CC(=O)O)C(=O)O.[CH3-].[La]. The summed E-state index contributed by atoms with van der Waals surface area (Å²) < 4.78 is 0. The summed E-state index contributed by atoms with van der Waals surface area (Å²) >= 11 is 0. The molecule has 0 unspecified atom stereocenters. The second-order valence-electron chi connectivity index (χ2n) is 1.48. The van der Waals surface area contributed by atoms with Crippen molar-refractivity contribution in [2.75, 3.05) is 0 Å². The molecule has 0 saturated carbocycles. The van der Waals surface area contributed by atoms with Gasteiger partial charge in [0.2, 0.25) is 0 Å². The molecular weight excluding hydrogens is 275 g/mol. The maximum absolute atomic E-state index is 9.87. The Labute approximate surface area is 92.9 Å².